The summed E-state index contributed by atoms with van der Waals surface area (Å²) in [6.45, 7) is 4.98. The van der Waals surface area contributed by atoms with Gasteiger partial charge in [0.2, 0.25) is 0 Å². The average Bonchev–Trinajstić information content (AvgIpc) is 3.33. The molecule has 0 amide bonds. The standard InChI is InChI=1S/C19H30N8/c1-24(2)14-16-22-23-17(25(16)3)15-6-12-27(13-7-15)19-18(20-8-9-21-19)26-10-4-5-11-26/h8-9,15H,4-7,10-14H2,1-3H3. The summed E-state index contributed by atoms with van der Waals surface area (Å²) in [5.41, 5.74) is 0. The van der Waals surface area contributed by atoms with Gasteiger partial charge < -0.3 is 19.3 Å². The highest BCUT2D eigenvalue weighted by atomic mass is 15.3. The van der Waals surface area contributed by atoms with Gasteiger partial charge in [0.05, 0.1) is 6.54 Å². The molecule has 0 bridgehead atoms. The van der Waals surface area contributed by atoms with Gasteiger partial charge in [-0.25, -0.2) is 9.97 Å². The number of nitrogens with zero attached hydrogens (tertiary/aromatic N) is 8. The molecule has 27 heavy (non-hydrogen) atoms. The fourth-order valence-electron chi connectivity index (χ4n) is 4.20. The number of hydrogen-bond donors (Lipinski definition) is 0. The van der Waals surface area contributed by atoms with E-state index >= 15 is 0 Å². The number of aromatic nitrogens is 5. The Morgan fingerprint density at radius 1 is 0.926 bits per heavy atom. The van der Waals surface area contributed by atoms with Crippen molar-refractivity contribution in [2.75, 3.05) is 50.1 Å². The molecule has 8 heteroatoms. The second-order valence-electron chi connectivity index (χ2n) is 7.93. The molecular weight excluding hydrogens is 340 g/mol. The summed E-state index contributed by atoms with van der Waals surface area (Å²) in [5, 5.41) is 8.91. The Hall–Kier alpha value is -2.22. The quantitative estimate of drug-likeness (QED) is 0.793. The molecular formula is C19H30N8. The van der Waals surface area contributed by atoms with E-state index in [0.29, 0.717) is 5.92 Å². The smallest absolute Gasteiger partial charge is 0.171 e. The second-order valence-corrected chi connectivity index (χ2v) is 7.93. The molecule has 2 saturated heterocycles. The van der Waals surface area contributed by atoms with Gasteiger partial charge in [0.1, 0.15) is 11.6 Å². The molecule has 2 aliphatic rings. The highest BCUT2D eigenvalue weighted by molar-refractivity contribution is 5.62. The molecule has 0 unspecified atom stereocenters. The third-order valence-corrected chi connectivity index (χ3v) is 5.68. The van der Waals surface area contributed by atoms with E-state index in [0.717, 1.165) is 68.8 Å². The van der Waals surface area contributed by atoms with Gasteiger partial charge in [-0.2, -0.15) is 0 Å². The van der Waals surface area contributed by atoms with Crippen molar-refractivity contribution in [3.63, 3.8) is 0 Å². The highest BCUT2D eigenvalue weighted by Crippen LogP contribution is 2.33. The van der Waals surface area contributed by atoms with Gasteiger partial charge in [0, 0.05) is 51.5 Å². The molecule has 0 N–H and O–H groups in total. The Morgan fingerprint density at radius 2 is 1.52 bits per heavy atom. The van der Waals surface area contributed by atoms with Crippen molar-refractivity contribution in [1.82, 2.24) is 29.6 Å². The lowest BCUT2D eigenvalue weighted by Crippen LogP contribution is -2.36. The van der Waals surface area contributed by atoms with Gasteiger partial charge >= 0.3 is 0 Å². The Labute approximate surface area is 161 Å². The van der Waals surface area contributed by atoms with Crippen molar-refractivity contribution in [3.8, 4) is 0 Å². The maximum Gasteiger partial charge on any atom is 0.171 e. The van der Waals surface area contributed by atoms with Gasteiger partial charge in [0.25, 0.3) is 0 Å². The highest BCUT2D eigenvalue weighted by Gasteiger charge is 2.28. The van der Waals surface area contributed by atoms with Crippen LogP contribution in [0.2, 0.25) is 0 Å². The zero-order valence-corrected chi connectivity index (χ0v) is 16.7. The Bertz CT molecular complexity index is 757. The zero-order valence-electron chi connectivity index (χ0n) is 16.7. The van der Waals surface area contributed by atoms with Crippen LogP contribution < -0.4 is 9.80 Å². The van der Waals surface area contributed by atoms with E-state index in [1.165, 1.54) is 12.8 Å². The Morgan fingerprint density at radius 3 is 2.11 bits per heavy atom. The number of rotatable bonds is 5. The summed E-state index contributed by atoms with van der Waals surface area (Å²) in [7, 11) is 6.21. The predicted molar refractivity (Wildman–Crippen MR) is 106 cm³/mol. The van der Waals surface area contributed by atoms with Crippen LogP contribution in [0.3, 0.4) is 0 Å². The summed E-state index contributed by atoms with van der Waals surface area (Å²) in [6.07, 6.45) is 8.28. The molecule has 0 aliphatic carbocycles. The molecule has 0 radical (unpaired) electrons. The molecule has 0 spiro atoms. The largest absolute Gasteiger partial charge is 0.354 e. The number of piperidine rings is 1. The van der Waals surface area contributed by atoms with Gasteiger partial charge in [-0.3, -0.25) is 0 Å². The van der Waals surface area contributed by atoms with E-state index in [4.69, 9.17) is 0 Å². The maximum atomic E-state index is 4.68. The summed E-state index contributed by atoms with van der Waals surface area (Å²) in [4.78, 5) is 16.2. The van der Waals surface area contributed by atoms with Crippen molar-refractivity contribution in [2.45, 2.75) is 38.1 Å². The van der Waals surface area contributed by atoms with E-state index in [9.17, 15) is 0 Å². The molecule has 2 aromatic heterocycles. The van der Waals surface area contributed by atoms with Crippen molar-refractivity contribution in [3.05, 3.63) is 24.0 Å². The first-order valence-corrected chi connectivity index (χ1v) is 9.97. The molecule has 0 aromatic carbocycles. The van der Waals surface area contributed by atoms with Gasteiger partial charge in [-0.1, -0.05) is 0 Å². The molecule has 8 nitrogen and oxygen atoms in total. The van der Waals surface area contributed by atoms with Crippen LogP contribution in [0.5, 0.6) is 0 Å². The van der Waals surface area contributed by atoms with Gasteiger partial charge in [0.15, 0.2) is 11.6 Å². The molecule has 0 atom stereocenters. The van der Waals surface area contributed by atoms with E-state index < -0.39 is 0 Å². The number of hydrogen-bond acceptors (Lipinski definition) is 7. The summed E-state index contributed by atoms with van der Waals surface area (Å²) < 4.78 is 2.18. The lowest BCUT2D eigenvalue weighted by atomic mass is 9.96. The van der Waals surface area contributed by atoms with Gasteiger partial charge in [-0.05, 0) is 39.8 Å². The van der Waals surface area contributed by atoms with E-state index in [2.05, 4.69) is 60.6 Å². The van der Waals surface area contributed by atoms with Crippen molar-refractivity contribution in [1.29, 1.82) is 0 Å². The molecule has 4 heterocycles. The zero-order chi connectivity index (χ0) is 18.8. The average molecular weight is 371 g/mol. The normalized spacial score (nSPS) is 18.7. The lowest BCUT2D eigenvalue weighted by molar-refractivity contribution is 0.381. The molecule has 4 rings (SSSR count). The van der Waals surface area contributed by atoms with Crippen LogP contribution in [0.25, 0.3) is 0 Å². The van der Waals surface area contributed by atoms with Gasteiger partial charge in [-0.15, -0.1) is 10.2 Å². The van der Waals surface area contributed by atoms with E-state index in [1.807, 2.05) is 12.4 Å². The maximum absolute atomic E-state index is 4.68. The molecule has 146 valence electrons. The van der Waals surface area contributed by atoms with Crippen LogP contribution in [0.15, 0.2) is 12.4 Å². The van der Waals surface area contributed by atoms with Crippen LogP contribution in [-0.4, -0.2) is 69.9 Å². The van der Waals surface area contributed by atoms with Crippen LogP contribution in [0, 0.1) is 0 Å². The minimum Gasteiger partial charge on any atom is -0.354 e. The third-order valence-electron chi connectivity index (χ3n) is 5.68. The fraction of sp³-hybridized carbons (Fsp3) is 0.684. The van der Waals surface area contributed by atoms with Crippen LogP contribution in [-0.2, 0) is 13.6 Å². The minimum absolute atomic E-state index is 0.460. The van der Waals surface area contributed by atoms with E-state index in [-0.39, 0.29) is 0 Å². The fourth-order valence-corrected chi connectivity index (χ4v) is 4.20. The summed E-state index contributed by atoms with van der Waals surface area (Å²) in [6, 6.07) is 0. The minimum atomic E-state index is 0.460. The second kappa shape index (κ2) is 7.80. The monoisotopic (exact) mass is 370 g/mol. The molecule has 2 fully saturated rings. The number of anilines is 2. The first-order valence-electron chi connectivity index (χ1n) is 9.97. The predicted octanol–water partition coefficient (Wildman–Crippen LogP) is 1.65. The first kappa shape index (κ1) is 18.2. The van der Waals surface area contributed by atoms with Crippen LogP contribution in [0.1, 0.15) is 43.3 Å². The van der Waals surface area contributed by atoms with E-state index in [1.54, 1.807) is 0 Å². The van der Waals surface area contributed by atoms with Crippen LogP contribution >= 0.6 is 0 Å². The van der Waals surface area contributed by atoms with Crippen molar-refractivity contribution in [2.24, 2.45) is 7.05 Å². The van der Waals surface area contributed by atoms with Crippen molar-refractivity contribution < 1.29 is 0 Å². The summed E-state index contributed by atoms with van der Waals surface area (Å²) in [5.74, 6) is 4.71. The molecule has 2 aromatic rings. The summed E-state index contributed by atoms with van der Waals surface area (Å²) >= 11 is 0. The SMILES string of the molecule is CN(C)Cc1nnc(C2CCN(c3nccnc3N3CCCC3)CC2)n1C. The topological polar surface area (TPSA) is 66.2 Å². The Balaban J connectivity index is 1.45. The first-order chi connectivity index (χ1) is 13.1. The molecule has 0 saturated carbocycles. The van der Waals surface area contributed by atoms with Crippen LogP contribution in [0.4, 0.5) is 11.6 Å². The Kier molecular flexibility index (Phi) is 5.24. The molecule has 2 aliphatic heterocycles. The third kappa shape index (κ3) is 3.76. The lowest BCUT2D eigenvalue weighted by Gasteiger charge is -2.34. The van der Waals surface area contributed by atoms with Crippen molar-refractivity contribution >= 4 is 11.6 Å².